The lowest BCUT2D eigenvalue weighted by Gasteiger charge is -2.10. The Labute approximate surface area is 119 Å². The van der Waals surface area contributed by atoms with Gasteiger partial charge < -0.3 is 0 Å². The zero-order valence-corrected chi connectivity index (χ0v) is 12.1. The molecule has 3 aromatic rings. The molecule has 0 amide bonds. The van der Waals surface area contributed by atoms with Gasteiger partial charge in [-0.3, -0.25) is 4.79 Å². The highest BCUT2D eigenvalue weighted by atomic mass is 32.1. The van der Waals surface area contributed by atoms with Crippen molar-refractivity contribution < 1.29 is 0 Å². The van der Waals surface area contributed by atoms with E-state index in [9.17, 15) is 4.79 Å². The van der Waals surface area contributed by atoms with Crippen LogP contribution in [0.3, 0.4) is 0 Å². The molecule has 0 aliphatic heterocycles. The average Bonchev–Trinajstić information content (AvgIpc) is 2.90. The van der Waals surface area contributed by atoms with Gasteiger partial charge in [-0.15, -0.1) is 10.2 Å². The molecule has 102 valence electrons. The van der Waals surface area contributed by atoms with E-state index in [0.717, 1.165) is 11.4 Å². The monoisotopic (exact) mass is 286 g/mol. The number of hydrogen-bond donors (Lipinski definition) is 0. The first kappa shape index (κ1) is 12.9. The van der Waals surface area contributed by atoms with Crippen molar-refractivity contribution in [3.8, 4) is 0 Å². The Morgan fingerprint density at radius 1 is 1.25 bits per heavy atom. The predicted octanol–water partition coefficient (Wildman–Crippen LogP) is 2.40. The Morgan fingerprint density at radius 3 is 2.70 bits per heavy atom. The Bertz CT molecular complexity index is 794. The van der Waals surface area contributed by atoms with Crippen LogP contribution in [0.15, 0.2) is 35.1 Å². The van der Waals surface area contributed by atoms with Crippen molar-refractivity contribution in [1.29, 1.82) is 0 Å². The topological polar surface area (TPSA) is 60.2 Å². The van der Waals surface area contributed by atoms with E-state index < -0.39 is 0 Å². The molecule has 0 N–H and O–H groups in total. The number of benzene rings is 1. The molecule has 20 heavy (non-hydrogen) atoms. The molecular formula is C14H14N4OS. The molecule has 3 rings (SSSR count). The highest BCUT2D eigenvalue weighted by Crippen LogP contribution is 2.30. The molecule has 0 spiro atoms. The van der Waals surface area contributed by atoms with E-state index in [0.29, 0.717) is 10.7 Å². The quantitative estimate of drug-likeness (QED) is 0.742. The van der Waals surface area contributed by atoms with Gasteiger partial charge in [-0.1, -0.05) is 48.6 Å². The van der Waals surface area contributed by atoms with Gasteiger partial charge in [0.2, 0.25) is 4.96 Å². The maximum Gasteiger partial charge on any atom is 0.296 e. The van der Waals surface area contributed by atoms with Crippen LogP contribution < -0.4 is 5.56 Å². The van der Waals surface area contributed by atoms with Crippen LogP contribution in [0.5, 0.6) is 0 Å². The molecule has 0 aliphatic carbocycles. The summed E-state index contributed by atoms with van der Waals surface area (Å²) in [5.74, 6) is 0.183. The summed E-state index contributed by atoms with van der Waals surface area (Å²) in [6.45, 7) is 3.76. The summed E-state index contributed by atoms with van der Waals surface area (Å²) in [6, 6.07) is 10.2. The van der Waals surface area contributed by atoms with E-state index in [1.54, 1.807) is 6.92 Å². The van der Waals surface area contributed by atoms with Gasteiger partial charge in [0.15, 0.2) is 0 Å². The summed E-state index contributed by atoms with van der Waals surface area (Å²) in [5, 5.41) is 13.2. The molecule has 2 heterocycles. The van der Waals surface area contributed by atoms with Crippen LogP contribution in [0.2, 0.25) is 0 Å². The number of hydrogen-bond acceptors (Lipinski definition) is 5. The third-order valence-electron chi connectivity index (χ3n) is 3.27. The van der Waals surface area contributed by atoms with Crippen LogP contribution >= 0.6 is 11.3 Å². The average molecular weight is 286 g/mol. The molecule has 6 heteroatoms. The maximum atomic E-state index is 12.0. The van der Waals surface area contributed by atoms with Crippen LogP contribution in [-0.4, -0.2) is 19.8 Å². The minimum Gasteiger partial charge on any atom is -0.265 e. The second-order valence-corrected chi connectivity index (χ2v) is 5.58. The Hall–Kier alpha value is -2.08. The second-order valence-electron chi connectivity index (χ2n) is 4.60. The van der Waals surface area contributed by atoms with Crippen LogP contribution in [0.25, 0.3) is 4.96 Å². The summed E-state index contributed by atoms with van der Waals surface area (Å²) >= 11 is 1.43. The number of nitrogens with zero attached hydrogens (tertiary/aromatic N) is 4. The van der Waals surface area contributed by atoms with Crippen molar-refractivity contribution in [2.75, 3.05) is 0 Å². The first-order chi connectivity index (χ1) is 9.70. The Balaban J connectivity index is 2.14. The van der Waals surface area contributed by atoms with Gasteiger partial charge >= 0.3 is 0 Å². The van der Waals surface area contributed by atoms with Gasteiger partial charge in [-0.05, 0) is 18.9 Å². The molecule has 1 unspecified atom stereocenters. The Kier molecular flexibility index (Phi) is 3.31. The lowest BCUT2D eigenvalue weighted by atomic mass is 9.97. The number of rotatable bonds is 3. The minimum absolute atomic E-state index is 0.183. The molecule has 2 aromatic heterocycles. The minimum atomic E-state index is -0.194. The molecular weight excluding hydrogens is 272 g/mol. The molecule has 0 saturated carbocycles. The summed E-state index contributed by atoms with van der Waals surface area (Å²) < 4.78 is 1.36. The summed E-state index contributed by atoms with van der Waals surface area (Å²) in [7, 11) is 0. The fraction of sp³-hybridized carbons (Fsp3) is 0.286. The SMILES string of the molecule is CCC(c1ccccc1)c1nn2c(=O)c(C)nnc2s1. The van der Waals surface area contributed by atoms with Crippen molar-refractivity contribution in [1.82, 2.24) is 19.8 Å². The van der Waals surface area contributed by atoms with Crippen molar-refractivity contribution in [2.24, 2.45) is 0 Å². The van der Waals surface area contributed by atoms with E-state index in [-0.39, 0.29) is 11.5 Å². The third kappa shape index (κ3) is 2.12. The molecule has 5 nitrogen and oxygen atoms in total. The Morgan fingerprint density at radius 2 is 2.00 bits per heavy atom. The standard InChI is InChI=1S/C14H14N4OS/c1-3-11(10-7-5-4-6-8-10)12-17-18-13(19)9(2)15-16-14(18)20-12/h4-8,11H,3H2,1-2H3. The van der Waals surface area contributed by atoms with Gasteiger partial charge in [0.25, 0.3) is 5.56 Å². The van der Waals surface area contributed by atoms with Gasteiger partial charge in [0.05, 0.1) is 0 Å². The maximum absolute atomic E-state index is 12.0. The van der Waals surface area contributed by atoms with Gasteiger partial charge in [0.1, 0.15) is 10.7 Å². The van der Waals surface area contributed by atoms with Crippen molar-refractivity contribution in [3.63, 3.8) is 0 Å². The van der Waals surface area contributed by atoms with E-state index in [4.69, 9.17) is 0 Å². The lowest BCUT2D eigenvalue weighted by Crippen LogP contribution is -2.19. The van der Waals surface area contributed by atoms with Gasteiger partial charge in [0, 0.05) is 5.92 Å². The molecule has 0 fully saturated rings. The smallest absolute Gasteiger partial charge is 0.265 e. The van der Waals surface area contributed by atoms with Crippen LogP contribution in [0, 0.1) is 6.92 Å². The molecule has 0 bridgehead atoms. The van der Waals surface area contributed by atoms with Crippen LogP contribution in [-0.2, 0) is 0 Å². The lowest BCUT2D eigenvalue weighted by molar-refractivity contribution is 0.727. The summed E-state index contributed by atoms with van der Waals surface area (Å²) in [5.41, 5.74) is 1.37. The molecule has 1 aromatic carbocycles. The van der Waals surface area contributed by atoms with E-state index in [1.807, 2.05) is 18.2 Å². The van der Waals surface area contributed by atoms with Gasteiger partial charge in [-0.2, -0.15) is 9.61 Å². The summed E-state index contributed by atoms with van der Waals surface area (Å²) in [4.78, 5) is 12.5. The molecule has 0 aliphatic rings. The van der Waals surface area contributed by atoms with Crippen LogP contribution in [0.4, 0.5) is 0 Å². The van der Waals surface area contributed by atoms with Crippen molar-refractivity contribution in [2.45, 2.75) is 26.2 Å². The molecule has 0 saturated heterocycles. The second kappa shape index (κ2) is 5.13. The number of aryl methyl sites for hydroxylation is 1. The normalized spacial score (nSPS) is 12.7. The first-order valence-electron chi connectivity index (χ1n) is 6.48. The van der Waals surface area contributed by atoms with E-state index in [2.05, 4.69) is 34.4 Å². The highest BCUT2D eigenvalue weighted by Gasteiger charge is 2.18. The fourth-order valence-electron chi connectivity index (χ4n) is 2.19. The largest absolute Gasteiger partial charge is 0.296 e. The van der Waals surface area contributed by atoms with Gasteiger partial charge in [-0.25, -0.2) is 0 Å². The van der Waals surface area contributed by atoms with Crippen molar-refractivity contribution >= 4 is 16.3 Å². The predicted molar refractivity (Wildman–Crippen MR) is 78.2 cm³/mol. The van der Waals surface area contributed by atoms with Crippen molar-refractivity contribution in [3.05, 3.63) is 57.0 Å². The fourth-order valence-corrected chi connectivity index (χ4v) is 3.23. The van der Waals surface area contributed by atoms with Crippen LogP contribution in [0.1, 0.15) is 35.5 Å². The zero-order chi connectivity index (χ0) is 14.1. The summed E-state index contributed by atoms with van der Waals surface area (Å²) in [6.07, 6.45) is 0.922. The van der Waals surface area contributed by atoms with E-state index in [1.165, 1.54) is 21.4 Å². The molecule has 1 atom stereocenters. The first-order valence-corrected chi connectivity index (χ1v) is 7.30. The zero-order valence-electron chi connectivity index (χ0n) is 11.3. The highest BCUT2D eigenvalue weighted by molar-refractivity contribution is 7.16. The molecule has 0 radical (unpaired) electrons. The third-order valence-corrected chi connectivity index (χ3v) is 4.28. The number of aromatic nitrogens is 4. The number of fused-ring (bicyclic) bond motifs is 1. The van der Waals surface area contributed by atoms with E-state index >= 15 is 0 Å².